The first kappa shape index (κ1) is 12.8. The summed E-state index contributed by atoms with van der Waals surface area (Å²) in [6.07, 6.45) is 0.500. The number of rotatable bonds is 4. The molecule has 0 saturated heterocycles. The van der Waals surface area contributed by atoms with E-state index in [4.69, 9.17) is 9.47 Å². The van der Waals surface area contributed by atoms with Crippen molar-refractivity contribution in [1.29, 1.82) is 0 Å². The fourth-order valence-electron chi connectivity index (χ4n) is 1.72. The van der Waals surface area contributed by atoms with Gasteiger partial charge >= 0.3 is 0 Å². The van der Waals surface area contributed by atoms with Crippen molar-refractivity contribution in [3.05, 3.63) is 23.3 Å². The lowest BCUT2D eigenvalue weighted by molar-refractivity contribution is 0.0795. The normalized spacial score (nSPS) is 11.4. The van der Waals surface area contributed by atoms with Gasteiger partial charge in [0.2, 0.25) is 0 Å². The topological polar surface area (TPSA) is 38.7 Å². The van der Waals surface area contributed by atoms with Crippen LogP contribution in [0.1, 0.15) is 25.0 Å². The summed E-state index contributed by atoms with van der Waals surface area (Å²) >= 11 is 0. The van der Waals surface area contributed by atoms with Gasteiger partial charge in [0.05, 0.1) is 19.8 Å². The van der Waals surface area contributed by atoms with Crippen LogP contribution >= 0.6 is 0 Å². The Labute approximate surface area is 97.0 Å². The quantitative estimate of drug-likeness (QED) is 0.853. The van der Waals surface area contributed by atoms with Crippen molar-refractivity contribution in [3.63, 3.8) is 0 Å². The second kappa shape index (κ2) is 4.74. The van der Waals surface area contributed by atoms with Gasteiger partial charge in [-0.2, -0.15) is 0 Å². The number of aryl methyl sites for hydroxylation is 1. The first-order chi connectivity index (χ1) is 7.37. The molecule has 90 valence electrons. The molecule has 3 nitrogen and oxygen atoms in total. The van der Waals surface area contributed by atoms with Gasteiger partial charge in [0.25, 0.3) is 0 Å². The van der Waals surface area contributed by atoms with Gasteiger partial charge in [0.1, 0.15) is 11.5 Å². The predicted octanol–water partition coefficient (Wildman–Crippen LogP) is 2.33. The Bertz CT molecular complexity index is 339. The largest absolute Gasteiger partial charge is 0.496 e. The molecule has 0 aromatic heterocycles. The van der Waals surface area contributed by atoms with Crippen molar-refractivity contribution in [2.24, 2.45) is 0 Å². The summed E-state index contributed by atoms with van der Waals surface area (Å²) in [7, 11) is 3.25. The van der Waals surface area contributed by atoms with E-state index in [1.807, 2.05) is 19.1 Å². The Hall–Kier alpha value is -1.22. The Morgan fingerprint density at radius 2 is 1.56 bits per heavy atom. The van der Waals surface area contributed by atoms with E-state index in [1.54, 1.807) is 28.1 Å². The van der Waals surface area contributed by atoms with Crippen molar-refractivity contribution in [1.82, 2.24) is 0 Å². The minimum Gasteiger partial charge on any atom is -0.496 e. The fourth-order valence-corrected chi connectivity index (χ4v) is 1.72. The summed E-state index contributed by atoms with van der Waals surface area (Å²) in [5.41, 5.74) is 1.20. The van der Waals surface area contributed by atoms with E-state index in [-0.39, 0.29) is 0 Å². The molecule has 3 heteroatoms. The minimum atomic E-state index is -0.782. The van der Waals surface area contributed by atoms with Gasteiger partial charge in [-0.3, -0.25) is 0 Å². The van der Waals surface area contributed by atoms with Crippen LogP contribution in [0, 0.1) is 6.92 Å². The predicted molar refractivity (Wildman–Crippen MR) is 64.3 cm³/mol. The van der Waals surface area contributed by atoms with Crippen LogP contribution in [-0.2, 0) is 6.42 Å². The highest BCUT2D eigenvalue weighted by atomic mass is 16.5. The van der Waals surface area contributed by atoms with E-state index >= 15 is 0 Å². The number of hydrogen-bond donors (Lipinski definition) is 1. The molecular formula is C13H20O3. The van der Waals surface area contributed by atoms with E-state index in [0.29, 0.717) is 6.42 Å². The number of aliphatic hydroxyl groups is 1. The van der Waals surface area contributed by atoms with Crippen molar-refractivity contribution in [2.75, 3.05) is 14.2 Å². The van der Waals surface area contributed by atoms with Crippen LogP contribution < -0.4 is 9.47 Å². The summed E-state index contributed by atoms with van der Waals surface area (Å²) in [5.74, 6) is 1.53. The molecule has 0 aliphatic rings. The highest BCUT2D eigenvalue weighted by molar-refractivity contribution is 5.48. The molecule has 0 aliphatic heterocycles. The highest BCUT2D eigenvalue weighted by Crippen LogP contribution is 2.33. The lowest BCUT2D eigenvalue weighted by atomic mass is 9.96. The molecule has 0 amide bonds. The second-order valence-electron chi connectivity index (χ2n) is 4.64. The van der Waals surface area contributed by atoms with Crippen LogP contribution in [0.3, 0.4) is 0 Å². The Kier molecular flexibility index (Phi) is 3.81. The van der Waals surface area contributed by atoms with Gasteiger partial charge in [-0.15, -0.1) is 0 Å². The number of methoxy groups -OCH3 is 2. The molecule has 0 fully saturated rings. The molecular weight excluding hydrogens is 204 g/mol. The molecule has 0 aliphatic carbocycles. The van der Waals surface area contributed by atoms with Crippen LogP contribution in [0.25, 0.3) is 0 Å². The molecule has 16 heavy (non-hydrogen) atoms. The third kappa shape index (κ3) is 3.14. The van der Waals surface area contributed by atoms with Gasteiger partial charge in [-0.05, 0) is 38.5 Å². The van der Waals surface area contributed by atoms with Gasteiger partial charge < -0.3 is 14.6 Å². The van der Waals surface area contributed by atoms with Gasteiger partial charge in [0, 0.05) is 12.0 Å². The maximum atomic E-state index is 9.87. The van der Waals surface area contributed by atoms with Crippen LogP contribution in [0.2, 0.25) is 0 Å². The third-order valence-corrected chi connectivity index (χ3v) is 2.36. The molecule has 0 unspecified atom stereocenters. The molecule has 1 aromatic carbocycles. The van der Waals surface area contributed by atoms with E-state index < -0.39 is 5.60 Å². The summed E-state index contributed by atoms with van der Waals surface area (Å²) in [6.45, 7) is 5.52. The van der Waals surface area contributed by atoms with Gasteiger partial charge in [0.15, 0.2) is 0 Å². The maximum absolute atomic E-state index is 9.87. The molecule has 0 bridgehead atoms. The van der Waals surface area contributed by atoms with Crippen molar-refractivity contribution >= 4 is 0 Å². The minimum absolute atomic E-state index is 0.500. The Balaban J connectivity index is 3.22. The first-order valence-corrected chi connectivity index (χ1v) is 5.31. The van der Waals surface area contributed by atoms with Crippen LogP contribution in [0.4, 0.5) is 0 Å². The monoisotopic (exact) mass is 224 g/mol. The van der Waals surface area contributed by atoms with Crippen molar-refractivity contribution in [3.8, 4) is 11.5 Å². The molecule has 0 saturated carbocycles. The molecule has 0 heterocycles. The zero-order chi connectivity index (χ0) is 12.3. The maximum Gasteiger partial charge on any atom is 0.126 e. The molecule has 1 N–H and O–H groups in total. The van der Waals surface area contributed by atoms with E-state index in [9.17, 15) is 5.11 Å². The number of benzene rings is 1. The smallest absolute Gasteiger partial charge is 0.126 e. The van der Waals surface area contributed by atoms with Crippen LogP contribution in [0.5, 0.6) is 11.5 Å². The third-order valence-electron chi connectivity index (χ3n) is 2.36. The van der Waals surface area contributed by atoms with Crippen molar-refractivity contribution in [2.45, 2.75) is 32.8 Å². The van der Waals surface area contributed by atoms with E-state index in [1.165, 1.54) is 0 Å². The van der Waals surface area contributed by atoms with Crippen LogP contribution in [0.15, 0.2) is 12.1 Å². The molecule has 0 spiro atoms. The van der Waals surface area contributed by atoms with E-state index in [0.717, 1.165) is 22.6 Å². The van der Waals surface area contributed by atoms with Crippen molar-refractivity contribution < 1.29 is 14.6 Å². The fraction of sp³-hybridized carbons (Fsp3) is 0.538. The average molecular weight is 224 g/mol. The molecule has 1 rings (SSSR count). The molecule has 0 atom stereocenters. The average Bonchev–Trinajstić information content (AvgIpc) is 2.18. The standard InChI is InChI=1S/C13H20O3/c1-9-6-11(15-4)10(8-13(2,3)14)12(7-9)16-5/h6-7,14H,8H2,1-5H3. The molecule has 0 radical (unpaired) electrons. The number of ether oxygens (including phenoxy) is 2. The number of hydrogen-bond acceptors (Lipinski definition) is 3. The highest BCUT2D eigenvalue weighted by Gasteiger charge is 2.20. The Morgan fingerprint density at radius 3 is 1.88 bits per heavy atom. The lowest BCUT2D eigenvalue weighted by Crippen LogP contribution is -2.22. The van der Waals surface area contributed by atoms with Gasteiger partial charge in [-0.1, -0.05) is 0 Å². The van der Waals surface area contributed by atoms with Crippen LogP contribution in [-0.4, -0.2) is 24.9 Å². The Morgan fingerprint density at radius 1 is 1.12 bits per heavy atom. The summed E-state index contributed by atoms with van der Waals surface area (Å²) < 4.78 is 10.6. The summed E-state index contributed by atoms with van der Waals surface area (Å²) in [5, 5.41) is 9.87. The lowest BCUT2D eigenvalue weighted by Gasteiger charge is -2.21. The second-order valence-corrected chi connectivity index (χ2v) is 4.64. The summed E-state index contributed by atoms with van der Waals surface area (Å²) in [6, 6.07) is 3.90. The molecule has 1 aromatic rings. The zero-order valence-corrected chi connectivity index (χ0v) is 10.6. The summed E-state index contributed by atoms with van der Waals surface area (Å²) in [4.78, 5) is 0. The van der Waals surface area contributed by atoms with E-state index in [2.05, 4.69) is 0 Å². The SMILES string of the molecule is COc1cc(C)cc(OC)c1CC(C)(C)O. The first-order valence-electron chi connectivity index (χ1n) is 5.31. The van der Waals surface area contributed by atoms with Gasteiger partial charge in [-0.25, -0.2) is 0 Å². The zero-order valence-electron chi connectivity index (χ0n) is 10.6.